The molecule has 1 aromatic carbocycles. The summed E-state index contributed by atoms with van der Waals surface area (Å²) in [7, 11) is 2.11. The summed E-state index contributed by atoms with van der Waals surface area (Å²) in [6.45, 7) is 5.12. The number of nitrogens with zero attached hydrogens (tertiary/aromatic N) is 1. The van der Waals surface area contributed by atoms with E-state index in [1.54, 1.807) is 0 Å². The first-order chi connectivity index (χ1) is 9.22. The number of fused-ring (bicyclic) bond motifs is 1. The van der Waals surface area contributed by atoms with Crippen LogP contribution in [0.4, 0.5) is 0 Å². The highest BCUT2D eigenvalue weighted by atomic mass is 14.9. The lowest BCUT2D eigenvalue weighted by Gasteiger charge is -2.10. The van der Waals surface area contributed by atoms with Crippen molar-refractivity contribution >= 4 is 10.9 Å². The third-order valence-electron chi connectivity index (χ3n) is 3.70. The molecule has 3 N–H and O–H groups in total. The third kappa shape index (κ3) is 3.58. The minimum absolute atomic E-state index is 0.664. The minimum Gasteiger partial charge on any atom is -0.350 e. The number of hydrogen-bond donors (Lipinski definition) is 2. The fraction of sp³-hybridized carbons (Fsp3) is 0.500. The number of nitrogens with one attached hydrogen (secondary N) is 1. The van der Waals surface area contributed by atoms with Crippen molar-refractivity contribution < 1.29 is 0 Å². The molecule has 1 atom stereocenters. The molecule has 2 rings (SSSR count). The minimum atomic E-state index is 0.664. The molecule has 0 aliphatic carbocycles. The lowest BCUT2D eigenvalue weighted by Crippen LogP contribution is -2.24. The number of para-hydroxylation sites is 1. The van der Waals surface area contributed by atoms with Crippen LogP contribution >= 0.6 is 0 Å². The third-order valence-corrected chi connectivity index (χ3v) is 3.70. The number of aromatic nitrogens is 1. The van der Waals surface area contributed by atoms with Crippen molar-refractivity contribution in [2.45, 2.75) is 19.8 Å². The average Bonchev–Trinajstić information content (AvgIpc) is 2.73. The Balaban J connectivity index is 1.88. The van der Waals surface area contributed by atoms with Gasteiger partial charge in [0.15, 0.2) is 0 Å². The van der Waals surface area contributed by atoms with Crippen molar-refractivity contribution in [3.8, 4) is 0 Å². The van der Waals surface area contributed by atoms with Crippen LogP contribution in [0.25, 0.3) is 10.9 Å². The monoisotopic (exact) mass is 259 g/mol. The van der Waals surface area contributed by atoms with E-state index >= 15 is 0 Å². The van der Waals surface area contributed by atoms with Crippen molar-refractivity contribution in [1.82, 2.24) is 9.88 Å². The molecule has 104 valence electrons. The summed E-state index contributed by atoms with van der Waals surface area (Å²) in [6.07, 6.45) is 4.42. The fourth-order valence-corrected chi connectivity index (χ4v) is 2.58. The van der Waals surface area contributed by atoms with Crippen molar-refractivity contribution in [3.05, 3.63) is 36.0 Å². The Hall–Kier alpha value is -1.32. The molecular weight excluding hydrogens is 234 g/mol. The largest absolute Gasteiger partial charge is 0.350 e. The molecule has 1 heterocycles. The van der Waals surface area contributed by atoms with Crippen molar-refractivity contribution in [1.29, 1.82) is 0 Å². The lowest BCUT2D eigenvalue weighted by atomic mass is 10.1. The molecule has 0 aliphatic rings. The fourth-order valence-electron chi connectivity index (χ4n) is 2.58. The zero-order valence-electron chi connectivity index (χ0n) is 12.0. The highest BCUT2D eigenvalue weighted by Gasteiger charge is 2.05. The summed E-state index contributed by atoms with van der Waals surface area (Å²) in [5.74, 6) is 0.664. The maximum atomic E-state index is 5.56. The Morgan fingerprint density at radius 1 is 1.32 bits per heavy atom. The van der Waals surface area contributed by atoms with E-state index in [9.17, 15) is 0 Å². The summed E-state index contributed by atoms with van der Waals surface area (Å²) in [5, 5.41) is 4.90. The van der Waals surface area contributed by atoms with E-state index in [4.69, 9.17) is 5.73 Å². The lowest BCUT2D eigenvalue weighted by molar-refractivity contribution is 0.489. The van der Waals surface area contributed by atoms with Gasteiger partial charge < -0.3 is 15.6 Å². The Bertz CT molecular complexity index is 516. The molecule has 0 bridgehead atoms. The maximum absolute atomic E-state index is 5.56. The van der Waals surface area contributed by atoms with Gasteiger partial charge in [0.2, 0.25) is 0 Å². The van der Waals surface area contributed by atoms with Gasteiger partial charge in [-0.05, 0) is 50.0 Å². The van der Waals surface area contributed by atoms with Crippen LogP contribution in [-0.4, -0.2) is 24.2 Å². The summed E-state index contributed by atoms with van der Waals surface area (Å²) in [4.78, 5) is 0. The molecule has 0 aliphatic heterocycles. The quantitative estimate of drug-likeness (QED) is 0.749. The highest BCUT2D eigenvalue weighted by Crippen LogP contribution is 2.20. The molecule has 3 heteroatoms. The van der Waals surface area contributed by atoms with Crippen LogP contribution < -0.4 is 11.1 Å². The van der Waals surface area contributed by atoms with Crippen LogP contribution in [0, 0.1) is 5.92 Å². The second kappa shape index (κ2) is 6.73. The Labute approximate surface area is 115 Å². The van der Waals surface area contributed by atoms with E-state index in [-0.39, 0.29) is 0 Å². The van der Waals surface area contributed by atoms with Crippen molar-refractivity contribution in [3.63, 3.8) is 0 Å². The van der Waals surface area contributed by atoms with Gasteiger partial charge in [0, 0.05) is 24.1 Å². The van der Waals surface area contributed by atoms with Gasteiger partial charge in [-0.3, -0.25) is 0 Å². The Morgan fingerprint density at radius 2 is 2.11 bits per heavy atom. The van der Waals surface area contributed by atoms with Crippen LogP contribution in [0.1, 0.15) is 18.9 Å². The van der Waals surface area contributed by atoms with Gasteiger partial charge in [-0.25, -0.2) is 0 Å². The molecule has 1 unspecified atom stereocenters. The van der Waals surface area contributed by atoms with Gasteiger partial charge in [0.05, 0.1) is 0 Å². The molecule has 0 fully saturated rings. The molecule has 0 spiro atoms. The molecule has 0 radical (unpaired) electrons. The van der Waals surface area contributed by atoms with Gasteiger partial charge >= 0.3 is 0 Å². The second-order valence-corrected chi connectivity index (χ2v) is 5.42. The van der Waals surface area contributed by atoms with Crippen molar-refractivity contribution in [2.24, 2.45) is 18.7 Å². The SMILES string of the molecule is CC(CCN)CNCCc1cn(C)c2ccccc12. The first-order valence-corrected chi connectivity index (χ1v) is 7.16. The van der Waals surface area contributed by atoms with Gasteiger partial charge in [-0.1, -0.05) is 25.1 Å². The number of aryl methyl sites for hydroxylation is 1. The van der Waals surface area contributed by atoms with Gasteiger partial charge in [0.1, 0.15) is 0 Å². The summed E-state index contributed by atoms with van der Waals surface area (Å²) >= 11 is 0. The molecule has 0 amide bonds. The molecule has 19 heavy (non-hydrogen) atoms. The second-order valence-electron chi connectivity index (χ2n) is 5.42. The summed E-state index contributed by atoms with van der Waals surface area (Å²) < 4.78 is 2.21. The zero-order valence-corrected chi connectivity index (χ0v) is 12.0. The van der Waals surface area contributed by atoms with Gasteiger partial charge in [0.25, 0.3) is 0 Å². The van der Waals surface area contributed by atoms with E-state index in [1.807, 2.05) is 0 Å². The van der Waals surface area contributed by atoms with E-state index in [2.05, 4.69) is 54.3 Å². The maximum Gasteiger partial charge on any atom is 0.0480 e. The molecule has 3 nitrogen and oxygen atoms in total. The molecular formula is C16H25N3. The van der Waals surface area contributed by atoms with E-state index in [0.29, 0.717) is 5.92 Å². The van der Waals surface area contributed by atoms with Crippen molar-refractivity contribution in [2.75, 3.05) is 19.6 Å². The topological polar surface area (TPSA) is 43.0 Å². The van der Waals surface area contributed by atoms with Crippen LogP contribution in [-0.2, 0) is 13.5 Å². The smallest absolute Gasteiger partial charge is 0.0480 e. The normalized spacial score (nSPS) is 13.0. The highest BCUT2D eigenvalue weighted by molar-refractivity contribution is 5.83. The predicted molar refractivity (Wildman–Crippen MR) is 82.3 cm³/mol. The predicted octanol–water partition coefficient (Wildman–Crippen LogP) is 2.30. The van der Waals surface area contributed by atoms with Gasteiger partial charge in [-0.15, -0.1) is 0 Å². The number of nitrogens with two attached hydrogens (primary N) is 1. The van der Waals surface area contributed by atoms with Gasteiger partial charge in [-0.2, -0.15) is 0 Å². The first kappa shape index (κ1) is 14.1. The molecule has 0 saturated carbocycles. The Morgan fingerprint density at radius 3 is 2.89 bits per heavy atom. The number of hydrogen-bond acceptors (Lipinski definition) is 2. The molecule has 1 aromatic heterocycles. The van der Waals surface area contributed by atoms with Crippen LogP contribution in [0.2, 0.25) is 0 Å². The first-order valence-electron chi connectivity index (χ1n) is 7.16. The van der Waals surface area contributed by atoms with Crippen LogP contribution in [0.5, 0.6) is 0 Å². The molecule has 0 saturated heterocycles. The van der Waals surface area contributed by atoms with E-state index in [0.717, 1.165) is 32.5 Å². The Kier molecular flexibility index (Phi) is 5.00. The number of benzene rings is 1. The number of rotatable bonds is 7. The van der Waals surface area contributed by atoms with Crippen LogP contribution in [0.15, 0.2) is 30.5 Å². The standard InChI is InChI=1S/C16H25N3/c1-13(7-9-17)11-18-10-8-14-12-19(2)16-6-4-3-5-15(14)16/h3-6,12-13,18H,7-11,17H2,1-2H3. The van der Waals surface area contributed by atoms with E-state index in [1.165, 1.54) is 16.5 Å². The van der Waals surface area contributed by atoms with Crippen LogP contribution in [0.3, 0.4) is 0 Å². The van der Waals surface area contributed by atoms with E-state index < -0.39 is 0 Å². The zero-order chi connectivity index (χ0) is 13.7. The summed E-state index contributed by atoms with van der Waals surface area (Å²) in [5.41, 5.74) is 8.30. The molecule has 2 aromatic rings. The average molecular weight is 259 g/mol. The summed E-state index contributed by atoms with van der Waals surface area (Å²) in [6, 6.07) is 8.60.